The number of benzene rings is 1. The smallest absolute Gasteiger partial charge is 0.338 e. The third-order valence-corrected chi connectivity index (χ3v) is 6.82. The Balaban J connectivity index is 1.55. The fourth-order valence-electron chi connectivity index (χ4n) is 3.96. The lowest BCUT2D eigenvalue weighted by molar-refractivity contribution is 0.0526. The lowest BCUT2D eigenvalue weighted by atomic mass is 9.88. The fraction of sp³-hybridized carbons (Fsp3) is 0.360. The fourth-order valence-corrected chi connectivity index (χ4v) is 5.36. The minimum Gasteiger partial charge on any atom is -0.465 e. The summed E-state index contributed by atoms with van der Waals surface area (Å²) >= 11 is 1.67. The van der Waals surface area contributed by atoms with Crippen LogP contribution in [0.3, 0.4) is 0 Å². The Labute approximate surface area is 192 Å². The van der Waals surface area contributed by atoms with Gasteiger partial charge in [0, 0.05) is 10.6 Å². The van der Waals surface area contributed by atoms with Crippen molar-refractivity contribution in [3.8, 4) is 0 Å². The van der Waals surface area contributed by atoms with Crippen LogP contribution in [0, 0.1) is 12.8 Å². The molecule has 2 N–H and O–H groups in total. The van der Waals surface area contributed by atoms with Gasteiger partial charge in [0.2, 0.25) is 0 Å². The van der Waals surface area contributed by atoms with Crippen LogP contribution in [-0.4, -0.2) is 18.5 Å². The Bertz CT molecular complexity index is 1110. The van der Waals surface area contributed by atoms with Gasteiger partial charge in [-0.3, -0.25) is 4.79 Å². The van der Waals surface area contributed by atoms with Gasteiger partial charge in [0.15, 0.2) is 0 Å². The van der Waals surface area contributed by atoms with Crippen LogP contribution in [-0.2, 0) is 24.1 Å². The summed E-state index contributed by atoms with van der Waals surface area (Å²) in [5.74, 6) is 1.81. The highest BCUT2D eigenvalue weighted by molar-refractivity contribution is 7.16. The summed E-state index contributed by atoms with van der Waals surface area (Å²) in [5.41, 5.74) is 2.96. The molecule has 6 nitrogen and oxygen atoms in total. The molecule has 0 saturated carbocycles. The number of amides is 1. The number of thiophene rings is 1. The average Bonchev–Trinajstić information content (AvgIpc) is 3.35. The predicted molar refractivity (Wildman–Crippen MR) is 127 cm³/mol. The third-order valence-electron chi connectivity index (χ3n) is 5.61. The van der Waals surface area contributed by atoms with Crippen molar-refractivity contribution in [2.24, 2.45) is 5.92 Å². The second-order valence-electron chi connectivity index (χ2n) is 8.17. The average molecular weight is 453 g/mol. The molecule has 168 valence electrons. The van der Waals surface area contributed by atoms with E-state index in [0.29, 0.717) is 30.3 Å². The molecule has 0 radical (unpaired) electrons. The number of carbonyl (C=O) groups is 2. The normalized spacial score (nSPS) is 15.2. The molecule has 2 aromatic heterocycles. The Kier molecular flexibility index (Phi) is 6.65. The van der Waals surface area contributed by atoms with Crippen LogP contribution in [0.5, 0.6) is 0 Å². The van der Waals surface area contributed by atoms with E-state index >= 15 is 0 Å². The molecule has 3 aromatic rings. The van der Waals surface area contributed by atoms with Gasteiger partial charge in [0.05, 0.1) is 24.3 Å². The van der Waals surface area contributed by atoms with Gasteiger partial charge in [-0.2, -0.15) is 0 Å². The molecule has 1 aliphatic carbocycles. The van der Waals surface area contributed by atoms with Crippen LogP contribution >= 0.6 is 11.3 Å². The molecule has 1 aromatic carbocycles. The van der Waals surface area contributed by atoms with Gasteiger partial charge >= 0.3 is 5.97 Å². The maximum absolute atomic E-state index is 13.3. The summed E-state index contributed by atoms with van der Waals surface area (Å²) in [6.07, 6.45) is 2.98. The van der Waals surface area contributed by atoms with E-state index in [4.69, 9.17) is 9.15 Å². The molecule has 1 unspecified atom stereocenters. The second-order valence-corrected chi connectivity index (χ2v) is 9.28. The number of anilines is 2. The molecule has 7 heteroatoms. The second kappa shape index (κ2) is 9.61. The number of rotatable bonds is 7. The number of nitrogens with one attached hydrogen (secondary N) is 2. The molecule has 2 heterocycles. The third kappa shape index (κ3) is 4.88. The van der Waals surface area contributed by atoms with E-state index in [1.807, 2.05) is 19.1 Å². The Morgan fingerprint density at radius 1 is 1.19 bits per heavy atom. The van der Waals surface area contributed by atoms with Gasteiger partial charge < -0.3 is 19.8 Å². The molecule has 32 heavy (non-hydrogen) atoms. The summed E-state index contributed by atoms with van der Waals surface area (Å²) in [4.78, 5) is 26.5. The molecule has 1 amide bonds. The standard InChI is InChI=1S/C25H28N2O4S/c1-4-30-25(29)17-7-9-18(10-8-17)27-23(28)22-20-12-5-15(2)13-21(20)32-24(22)26-14-19-11-6-16(3)31-19/h6-11,15,26H,4-5,12-14H2,1-3H3,(H,27,28). The number of fused-ring (bicyclic) bond motifs is 1. The Morgan fingerprint density at radius 3 is 2.66 bits per heavy atom. The van der Waals surface area contributed by atoms with E-state index in [2.05, 4.69) is 17.6 Å². The van der Waals surface area contributed by atoms with Crippen molar-refractivity contribution in [3.05, 3.63) is 69.5 Å². The minimum atomic E-state index is -0.369. The van der Waals surface area contributed by atoms with Crippen molar-refractivity contribution < 1.29 is 18.7 Å². The summed E-state index contributed by atoms with van der Waals surface area (Å²) in [6, 6.07) is 10.7. The van der Waals surface area contributed by atoms with Gasteiger partial charge in [-0.1, -0.05) is 6.92 Å². The van der Waals surface area contributed by atoms with Gasteiger partial charge in [0.1, 0.15) is 16.5 Å². The summed E-state index contributed by atoms with van der Waals surface area (Å²) in [5, 5.41) is 7.30. The molecule has 0 fully saturated rings. The van der Waals surface area contributed by atoms with Crippen LogP contribution in [0.2, 0.25) is 0 Å². The highest BCUT2D eigenvalue weighted by Gasteiger charge is 2.27. The molecule has 0 aliphatic heterocycles. The lowest BCUT2D eigenvalue weighted by Crippen LogP contribution is -2.18. The van der Waals surface area contributed by atoms with Crippen molar-refractivity contribution in [3.63, 3.8) is 0 Å². The van der Waals surface area contributed by atoms with Gasteiger partial charge in [0.25, 0.3) is 5.91 Å². The van der Waals surface area contributed by atoms with Gasteiger partial charge in [-0.05, 0) is 81.0 Å². The molecular formula is C25H28N2O4S. The maximum Gasteiger partial charge on any atom is 0.338 e. The summed E-state index contributed by atoms with van der Waals surface area (Å²) in [7, 11) is 0. The maximum atomic E-state index is 13.3. The van der Waals surface area contributed by atoms with E-state index in [9.17, 15) is 9.59 Å². The monoisotopic (exact) mass is 452 g/mol. The van der Waals surface area contributed by atoms with Crippen molar-refractivity contribution in [1.29, 1.82) is 0 Å². The highest BCUT2D eigenvalue weighted by atomic mass is 32.1. The number of hydrogen-bond acceptors (Lipinski definition) is 6. The first-order chi connectivity index (χ1) is 15.4. The molecule has 4 rings (SSSR count). The van der Waals surface area contributed by atoms with Crippen LogP contribution in [0.4, 0.5) is 10.7 Å². The van der Waals surface area contributed by atoms with E-state index in [1.165, 1.54) is 4.88 Å². The summed E-state index contributed by atoms with van der Waals surface area (Å²) < 4.78 is 10.7. The topological polar surface area (TPSA) is 80.6 Å². The number of aryl methyl sites for hydroxylation is 1. The van der Waals surface area contributed by atoms with Crippen molar-refractivity contribution in [2.45, 2.75) is 46.6 Å². The number of esters is 1. The molecule has 0 saturated heterocycles. The molecular weight excluding hydrogens is 424 g/mol. The molecule has 0 bridgehead atoms. The highest BCUT2D eigenvalue weighted by Crippen LogP contribution is 2.40. The van der Waals surface area contributed by atoms with Crippen molar-refractivity contribution in [2.75, 3.05) is 17.2 Å². The minimum absolute atomic E-state index is 0.140. The van der Waals surface area contributed by atoms with Crippen molar-refractivity contribution >= 4 is 33.9 Å². The number of furan rings is 1. The largest absolute Gasteiger partial charge is 0.465 e. The Morgan fingerprint density at radius 2 is 1.97 bits per heavy atom. The van der Waals surface area contributed by atoms with Gasteiger partial charge in [-0.15, -0.1) is 11.3 Å². The van der Waals surface area contributed by atoms with Crippen molar-refractivity contribution in [1.82, 2.24) is 0 Å². The quantitative estimate of drug-likeness (QED) is 0.442. The first-order valence-corrected chi connectivity index (χ1v) is 11.8. The zero-order valence-electron chi connectivity index (χ0n) is 18.6. The van der Waals surface area contributed by atoms with Crippen LogP contribution in [0.25, 0.3) is 0 Å². The molecule has 1 aliphatic rings. The zero-order valence-corrected chi connectivity index (χ0v) is 19.4. The first kappa shape index (κ1) is 22.1. The molecule has 0 spiro atoms. The van der Waals surface area contributed by atoms with Crippen LogP contribution < -0.4 is 10.6 Å². The van der Waals surface area contributed by atoms with Crippen LogP contribution in [0.15, 0.2) is 40.8 Å². The first-order valence-electron chi connectivity index (χ1n) is 11.0. The van der Waals surface area contributed by atoms with E-state index < -0.39 is 0 Å². The Hall–Kier alpha value is -3.06. The van der Waals surface area contributed by atoms with E-state index in [-0.39, 0.29) is 11.9 Å². The van der Waals surface area contributed by atoms with Gasteiger partial charge in [-0.25, -0.2) is 4.79 Å². The number of hydrogen-bond donors (Lipinski definition) is 2. The zero-order chi connectivity index (χ0) is 22.7. The van der Waals surface area contributed by atoms with Crippen LogP contribution in [0.1, 0.15) is 62.9 Å². The van der Waals surface area contributed by atoms with E-state index in [0.717, 1.165) is 46.9 Å². The number of carbonyl (C=O) groups excluding carboxylic acids is 2. The lowest BCUT2D eigenvalue weighted by Gasteiger charge is -2.18. The molecule has 1 atom stereocenters. The predicted octanol–water partition coefficient (Wildman–Crippen LogP) is 5.82. The van der Waals surface area contributed by atoms with E-state index in [1.54, 1.807) is 42.5 Å². The summed E-state index contributed by atoms with van der Waals surface area (Å²) in [6.45, 7) is 6.80. The SMILES string of the molecule is CCOC(=O)c1ccc(NC(=O)c2c(NCc3ccc(C)o3)sc3c2CCC(C)C3)cc1. The number of ether oxygens (including phenoxy) is 1.